The second-order valence-corrected chi connectivity index (χ2v) is 16.8. The van der Waals surface area contributed by atoms with Crippen LogP contribution in [-0.2, 0) is 13.9 Å². The van der Waals surface area contributed by atoms with E-state index in [-0.39, 0.29) is 17.4 Å². The highest BCUT2D eigenvalue weighted by Gasteiger charge is 2.51. The molecule has 35 heavy (non-hydrogen) atoms. The number of nitrogens with zero attached hydrogens (tertiary/aromatic N) is 1. The van der Waals surface area contributed by atoms with Crippen LogP contribution in [-0.4, -0.2) is 50.1 Å². The standard InChI is InChI=1S/C26H39BrN2O5Si/c1-18(33-23(31)29-24(2,3)4)16-25(32-5)11-13-26(14-12-25,34-35(6,7)8)22(30)20-15-19(17-28)9-10-21(20)27/h9-10,15,18H,11-14,16H2,1-8H3,(H,29,31)/t18-,25?,26?/m0/s1. The van der Waals surface area contributed by atoms with Crippen molar-refractivity contribution in [2.24, 2.45) is 0 Å². The van der Waals surface area contributed by atoms with Gasteiger partial charge in [-0.1, -0.05) is 15.9 Å². The molecule has 1 aliphatic rings. The fourth-order valence-corrected chi connectivity index (χ4v) is 6.56. The van der Waals surface area contributed by atoms with E-state index in [9.17, 15) is 14.9 Å². The summed E-state index contributed by atoms with van der Waals surface area (Å²) in [7, 11) is -0.435. The molecule has 0 aliphatic heterocycles. The van der Waals surface area contributed by atoms with Crippen LogP contribution in [0.4, 0.5) is 4.79 Å². The average Bonchev–Trinajstić information content (AvgIpc) is 2.72. The van der Waals surface area contributed by atoms with Crippen LogP contribution in [0.1, 0.15) is 75.7 Å². The summed E-state index contributed by atoms with van der Waals surface area (Å²) in [6.45, 7) is 13.8. The molecule has 0 aromatic heterocycles. The number of benzene rings is 1. The minimum atomic E-state index is -2.10. The molecule has 1 saturated carbocycles. The highest BCUT2D eigenvalue weighted by molar-refractivity contribution is 9.10. The van der Waals surface area contributed by atoms with Crippen molar-refractivity contribution in [3.05, 3.63) is 33.8 Å². The van der Waals surface area contributed by atoms with E-state index in [2.05, 4.69) is 47.0 Å². The maximum atomic E-state index is 13.9. The molecule has 0 radical (unpaired) electrons. The Morgan fingerprint density at radius 2 is 1.80 bits per heavy atom. The van der Waals surface area contributed by atoms with Crippen molar-refractivity contribution in [1.29, 1.82) is 5.26 Å². The molecule has 0 heterocycles. The molecule has 0 unspecified atom stereocenters. The number of alkyl carbamates (subject to hydrolysis) is 1. The van der Waals surface area contributed by atoms with E-state index in [0.29, 0.717) is 47.7 Å². The Morgan fingerprint density at radius 1 is 1.20 bits per heavy atom. The van der Waals surface area contributed by atoms with Crippen LogP contribution < -0.4 is 5.32 Å². The number of ketones is 1. The maximum absolute atomic E-state index is 13.9. The Balaban J connectivity index is 2.26. The predicted octanol–water partition coefficient (Wildman–Crippen LogP) is 6.36. The van der Waals surface area contributed by atoms with Crippen molar-refractivity contribution in [2.45, 2.75) is 102 Å². The van der Waals surface area contributed by atoms with Gasteiger partial charge in [0.2, 0.25) is 0 Å². The highest BCUT2D eigenvalue weighted by atomic mass is 79.9. The monoisotopic (exact) mass is 566 g/mol. The number of Topliss-reactive ketones (excluding diaryl/α,β-unsaturated/α-hetero) is 1. The van der Waals surface area contributed by atoms with Crippen molar-refractivity contribution in [3.63, 3.8) is 0 Å². The van der Waals surface area contributed by atoms with Crippen molar-refractivity contribution in [1.82, 2.24) is 5.32 Å². The summed E-state index contributed by atoms with van der Waals surface area (Å²) in [6.07, 6.45) is 1.84. The van der Waals surface area contributed by atoms with E-state index in [4.69, 9.17) is 13.9 Å². The van der Waals surface area contributed by atoms with E-state index in [1.54, 1.807) is 25.3 Å². The number of hydrogen-bond donors (Lipinski definition) is 1. The molecule has 1 aromatic carbocycles. The lowest BCUT2D eigenvalue weighted by Gasteiger charge is -2.47. The van der Waals surface area contributed by atoms with Gasteiger partial charge in [0.1, 0.15) is 11.7 Å². The van der Waals surface area contributed by atoms with Crippen LogP contribution >= 0.6 is 15.9 Å². The van der Waals surface area contributed by atoms with Gasteiger partial charge in [0.25, 0.3) is 0 Å². The third-order valence-electron chi connectivity index (χ3n) is 6.10. The van der Waals surface area contributed by atoms with Crippen molar-refractivity contribution >= 4 is 36.1 Å². The van der Waals surface area contributed by atoms with Crippen molar-refractivity contribution < 1.29 is 23.5 Å². The van der Waals surface area contributed by atoms with E-state index in [1.165, 1.54) is 0 Å². The predicted molar refractivity (Wildman–Crippen MR) is 142 cm³/mol. The molecule has 1 aliphatic carbocycles. The number of hydrogen-bond acceptors (Lipinski definition) is 6. The molecule has 1 atom stereocenters. The minimum Gasteiger partial charge on any atom is -0.446 e. The molecule has 1 N–H and O–H groups in total. The average molecular weight is 568 g/mol. The van der Waals surface area contributed by atoms with E-state index in [0.717, 1.165) is 0 Å². The topological polar surface area (TPSA) is 97.7 Å². The van der Waals surface area contributed by atoms with Gasteiger partial charge in [-0.3, -0.25) is 4.79 Å². The number of halogens is 1. The summed E-state index contributed by atoms with van der Waals surface area (Å²) in [5.41, 5.74) is -1.01. The van der Waals surface area contributed by atoms with Crippen LogP contribution in [0.2, 0.25) is 19.6 Å². The number of methoxy groups -OCH3 is 1. The van der Waals surface area contributed by atoms with Crippen LogP contribution in [0.5, 0.6) is 0 Å². The number of rotatable bonds is 8. The number of carbonyl (C=O) groups is 2. The molecule has 7 nitrogen and oxygen atoms in total. The van der Waals surface area contributed by atoms with E-state index < -0.39 is 25.6 Å². The minimum absolute atomic E-state index is 0.109. The third kappa shape index (κ3) is 8.14. The smallest absolute Gasteiger partial charge is 0.407 e. The molecule has 1 amide bonds. The lowest BCUT2D eigenvalue weighted by atomic mass is 9.71. The normalized spacial score (nSPS) is 23.8. The molecule has 9 heteroatoms. The zero-order chi connectivity index (χ0) is 26.7. The van der Waals surface area contributed by atoms with Crippen LogP contribution in [0.25, 0.3) is 0 Å². The van der Waals surface area contributed by atoms with Crippen molar-refractivity contribution in [3.8, 4) is 6.07 Å². The summed E-state index contributed by atoms with van der Waals surface area (Å²) >= 11 is 3.49. The SMILES string of the molecule is COC1(C[C@H](C)OC(=O)NC(C)(C)C)CCC(O[Si](C)(C)C)(C(=O)c2cc(C#N)ccc2Br)CC1. The Labute approximate surface area is 219 Å². The number of amides is 1. The second kappa shape index (κ2) is 11.1. The largest absolute Gasteiger partial charge is 0.446 e. The first-order valence-electron chi connectivity index (χ1n) is 12.0. The van der Waals surface area contributed by atoms with Gasteiger partial charge < -0.3 is 19.2 Å². The first kappa shape index (κ1) is 29.5. The van der Waals surface area contributed by atoms with E-state index >= 15 is 0 Å². The van der Waals surface area contributed by atoms with Gasteiger partial charge in [0.15, 0.2) is 14.1 Å². The van der Waals surface area contributed by atoms with Gasteiger partial charge in [-0.25, -0.2) is 4.79 Å². The summed E-state index contributed by atoms with van der Waals surface area (Å²) in [5.74, 6) is -0.109. The number of ether oxygens (including phenoxy) is 2. The molecule has 2 rings (SSSR count). The summed E-state index contributed by atoms with van der Waals surface area (Å²) in [4.78, 5) is 26.2. The van der Waals surface area contributed by atoms with Gasteiger partial charge in [0, 0.05) is 29.1 Å². The molecular formula is C26H39BrN2O5Si. The first-order chi connectivity index (χ1) is 16.0. The Kier molecular flexibility index (Phi) is 9.37. The van der Waals surface area contributed by atoms with Crippen LogP contribution in [0.3, 0.4) is 0 Å². The van der Waals surface area contributed by atoms with Gasteiger partial charge in [-0.05, 0) is 91.2 Å². The van der Waals surface area contributed by atoms with Gasteiger partial charge in [0.05, 0.1) is 17.2 Å². The summed E-state index contributed by atoms with van der Waals surface area (Å²) < 4.78 is 18.8. The number of nitriles is 1. The van der Waals surface area contributed by atoms with Gasteiger partial charge in [-0.15, -0.1) is 0 Å². The fraction of sp³-hybridized carbons (Fsp3) is 0.654. The lowest BCUT2D eigenvalue weighted by Crippen LogP contribution is -2.55. The van der Waals surface area contributed by atoms with Gasteiger partial charge >= 0.3 is 6.09 Å². The quantitative estimate of drug-likeness (QED) is 0.290. The number of nitrogens with one attached hydrogen (secondary N) is 1. The highest BCUT2D eigenvalue weighted by Crippen LogP contribution is 2.45. The molecule has 1 fully saturated rings. The van der Waals surface area contributed by atoms with Crippen LogP contribution in [0, 0.1) is 11.3 Å². The zero-order valence-corrected chi connectivity index (χ0v) is 24.8. The van der Waals surface area contributed by atoms with Gasteiger partial charge in [-0.2, -0.15) is 5.26 Å². The molecule has 0 saturated heterocycles. The van der Waals surface area contributed by atoms with Crippen LogP contribution in [0.15, 0.2) is 22.7 Å². The Hall–Kier alpha value is -1.73. The number of carbonyl (C=O) groups excluding carboxylic acids is 2. The molecule has 1 aromatic rings. The lowest BCUT2D eigenvalue weighted by molar-refractivity contribution is -0.100. The molecule has 0 bridgehead atoms. The summed E-state index contributed by atoms with van der Waals surface area (Å²) in [6, 6.07) is 7.16. The molecule has 0 spiro atoms. The third-order valence-corrected chi connectivity index (χ3v) is 7.80. The fourth-order valence-electron chi connectivity index (χ4n) is 4.66. The first-order valence-corrected chi connectivity index (χ1v) is 16.2. The maximum Gasteiger partial charge on any atom is 0.407 e. The zero-order valence-electron chi connectivity index (χ0n) is 22.2. The second-order valence-electron chi connectivity index (χ2n) is 11.5. The van der Waals surface area contributed by atoms with Crippen molar-refractivity contribution in [2.75, 3.05) is 7.11 Å². The Bertz CT molecular complexity index is 969. The Morgan fingerprint density at radius 3 is 2.29 bits per heavy atom. The molecular weight excluding hydrogens is 528 g/mol. The molecule has 194 valence electrons. The van der Waals surface area contributed by atoms with E-state index in [1.807, 2.05) is 27.7 Å². The summed E-state index contributed by atoms with van der Waals surface area (Å²) in [5, 5.41) is 12.2.